The number of H-pyrrole nitrogens is 2. The van der Waals surface area contributed by atoms with Crippen molar-refractivity contribution in [2.24, 2.45) is 0 Å². The maximum atomic E-state index is 11.3. The minimum atomic E-state index is -0.408. The highest BCUT2D eigenvalue weighted by Gasteiger charge is 2.13. The number of hydrogen-bond donors (Lipinski definition) is 2. The van der Waals surface area contributed by atoms with Crippen molar-refractivity contribution in [2.45, 2.75) is 12.8 Å². The van der Waals surface area contributed by atoms with Gasteiger partial charge in [0.25, 0.3) is 0 Å². The van der Waals surface area contributed by atoms with Crippen molar-refractivity contribution in [1.82, 2.24) is 9.97 Å². The van der Waals surface area contributed by atoms with Gasteiger partial charge in [0.1, 0.15) is 5.69 Å². The molecular formula is C9H14N2O3S. The van der Waals surface area contributed by atoms with Crippen LogP contribution >= 0.6 is 12.2 Å². The van der Waals surface area contributed by atoms with E-state index < -0.39 is 5.97 Å². The van der Waals surface area contributed by atoms with Gasteiger partial charge in [-0.25, -0.2) is 4.79 Å². The Labute approximate surface area is 92.8 Å². The standard InChI is InChI=1S/C9H14N2O3S/c1-13-5-3-4-6-7(8(12)14-2)11-9(15)10-6/h3-5H2,1-2H3,(H2,10,11,15). The van der Waals surface area contributed by atoms with E-state index in [-0.39, 0.29) is 0 Å². The van der Waals surface area contributed by atoms with Crippen LogP contribution in [0.4, 0.5) is 0 Å². The first-order valence-corrected chi connectivity index (χ1v) is 4.98. The zero-order valence-corrected chi connectivity index (χ0v) is 9.57. The van der Waals surface area contributed by atoms with E-state index in [1.807, 2.05) is 0 Å². The molecule has 84 valence electrons. The Kier molecular flexibility index (Phi) is 4.51. The first-order valence-electron chi connectivity index (χ1n) is 4.57. The van der Waals surface area contributed by atoms with Crippen LogP contribution in [-0.4, -0.2) is 36.8 Å². The summed E-state index contributed by atoms with van der Waals surface area (Å²) in [5.74, 6) is -0.408. The van der Waals surface area contributed by atoms with Gasteiger partial charge in [-0.2, -0.15) is 0 Å². The minimum Gasteiger partial charge on any atom is -0.464 e. The average Bonchev–Trinajstić information content (AvgIpc) is 2.59. The normalized spacial score (nSPS) is 10.3. The lowest BCUT2D eigenvalue weighted by atomic mass is 10.2. The molecule has 0 saturated heterocycles. The van der Waals surface area contributed by atoms with E-state index in [1.165, 1.54) is 7.11 Å². The van der Waals surface area contributed by atoms with E-state index >= 15 is 0 Å². The molecule has 1 rings (SSSR count). The predicted molar refractivity (Wildman–Crippen MR) is 57.5 cm³/mol. The second-order valence-electron chi connectivity index (χ2n) is 3.02. The monoisotopic (exact) mass is 230 g/mol. The summed E-state index contributed by atoms with van der Waals surface area (Å²) in [5.41, 5.74) is 1.17. The quantitative estimate of drug-likeness (QED) is 0.456. The minimum absolute atomic E-state index is 0.401. The third-order valence-electron chi connectivity index (χ3n) is 1.97. The number of nitrogens with one attached hydrogen (secondary N) is 2. The summed E-state index contributed by atoms with van der Waals surface area (Å²) < 4.78 is 9.99. The fourth-order valence-electron chi connectivity index (χ4n) is 1.28. The van der Waals surface area contributed by atoms with E-state index in [0.29, 0.717) is 23.5 Å². The molecule has 0 atom stereocenters. The molecule has 1 aromatic rings. The second kappa shape index (κ2) is 5.67. The molecule has 0 fully saturated rings. The first kappa shape index (κ1) is 11.9. The number of methoxy groups -OCH3 is 2. The first-order chi connectivity index (χ1) is 7.19. The summed E-state index contributed by atoms with van der Waals surface area (Å²) in [7, 11) is 2.98. The highest BCUT2D eigenvalue weighted by Crippen LogP contribution is 2.08. The van der Waals surface area contributed by atoms with Crippen LogP contribution in [0.2, 0.25) is 0 Å². The Bertz CT molecular complexity index is 383. The van der Waals surface area contributed by atoms with Crippen LogP contribution in [0.15, 0.2) is 0 Å². The van der Waals surface area contributed by atoms with E-state index in [0.717, 1.165) is 12.1 Å². The van der Waals surface area contributed by atoms with Crippen molar-refractivity contribution in [3.8, 4) is 0 Å². The molecule has 0 aliphatic rings. The molecule has 0 unspecified atom stereocenters. The maximum Gasteiger partial charge on any atom is 0.356 e. The number of imidazole rings is 1. The van der Waals surface area contributed by atoms with Crippen LogP contribution in [0.3, 0.4) is 0 Å². The SMILES string of the molecule is COCCCc1[nH]c(=S)[nH]c1C(=O)OC. The van der Waals surface area contributed by atoms with Gasteiger partial charge in [0.2, 0.25) is 0 Å². The third-order valence-corrected chi connectivity index (χ3v) is 2.17. The molecule has 6 heteroatoms. The molecule has 0 aliphatic heterocycles. The van der Waals surface area contributed by atoms with Gasteiger partial charge in [0, 0.05) is 19.4 Å². The number of esters is 1. The zero-order valence-electron chi connectivity index (χ0n) is 8.75. The fraction of sp³-hybridized carbons (Fsp3) is 0.556. The van der Waals surface area contributed by atoms with E-state index in [1.54, 1.807) is 7.11 Å². The number of carbonyl (C=O) groups excluding carboxylic acids is 1. The van der Waals surface area contributed by atoms with Gasteiger partial charge in [0.05, 0.1) is 7.11 Å². The summed E-state index contributed by atoms with van der Waals surface area (Å²) in [6, 6.07) is 0. The molecule has 0 saturated carbocycles. The summed E-state index contributed by atoms with van der Waals surface area (Å²) in [4.78, 5) is 17.0. The van der Waals surface area contributed by atoms with Crippen molar-refractivity contribution in [2.75, 3.05) is 20.8 Å². The van der Waals surface area contributed by atoms with Crippen LogP contribution < -0.4 is 0 Å². The molecule has 0 radical (unpaired) electrons. The van der Waals surface area contributed by atoms with E-state index in [2.05, 4.69) is 14.7 Å². The van der Waals surface area contributed by atoms with Gasteiger partial charge in [-0.05, 0) is 25.1 Å². The van der Waals surface area contributed by atoms with Crippen molar-refractivity contribution >= 4 is 18.2 Å². The third kappa shape index (κ3) is 3.17. The summed E-state index contributed by atoms with van der Waals surface area (Å²) in [5, 5.41) is 0. The average molecular weight is 230 g/mol. The fourth-order valence-corrected chi connectivity index (χ4v) is 1.50. The van der Waals surface area contributed by atoms with Crippen LogP contribution in [0.25, 0.3) is 0 Å². The van der Waals surface area contributed by atoms with Crippen molar-refractivity contribution < 1.29 is 14.3 Å². The lowest BCUT2D eigenvalue weighted by Gasteiger charge is -2.01. The molecule has 0 spiro atoms. The lowest BCUT2D eigenvalue weighted by Crippen LogP contribution is -2.06. The molecule has 2 N–H and O–H groups in total. The van der Waals surface area contributed by atoms with Gasteiger partial charge in [0.15, 0.2) is 4.77 Å². The number of aryl methyl sites for hydroxylation is 1. The Morgan fingerprint density at radius 3 is 2.73 bits per heavy atom. The Balaban J connectivity index is 2.77. The molecule has 0 amide bonds. The number of rotatable bonds is 5. The second-order valence-corrected chi connectivity index (χ2v) is 3.43. The van der Waals surface area contributed by atoms with Crippen molar-refractivity contribution in [1.29, 1.82) is 0 Å². The summed E-state index contributed by atoms with van der Waals surface area (Å²) >= 11 is 4.92. The number of ether oxygens (including phenoxy) is 2. The molecule has 0 aliphatic carbocycles. The topological polar surface area (TPSA) is 67.1 Å². The van der Waals surface area contributed by atoms with Crippen LogP contribution in [0, 0.1) is 4.77 Å². The van der Waals surface area contributed by atoms with Crippen molar-refractivity contribution in [3.63, 3.8) is 0 Å². The van der Waals surface area contributed by atoms with Gasteiger partial charge >= 0.3 is 5.97 Å². The van der Waals surface area contributed by atoms with Crippen molar-refractivity contribution in [3.05, 3.63) is 16.2 Å². The largest absolute Gasteiger partial charge is 0.464 e. The van der Waals surface area contributed by atoms with Gasteiger partial charge in [-0.1, -0.05) is 0 Å². The lowest BCUT2D eigenvalue weighted by molar-refractivity contribution is 0.0593. The van der Waals surface area contributed by atoms with Crippen LogP contribution in [0.5, 0.6) is 0 Å². The van der Waals surface area contributed by atoms with Gasteiger partial charge in [-0.15, -0.1) is 0 Å². The van der Waals surface area contributed by atoms with Crippen LogP contribution in [-0.2, 0) is 15.9 Å². The predicted octanol–water partition coefficient (Wildman–Crippen LogP) is 1.44. The molecule has 0 bridgehead atoms. The molecule has 5 nitrogen and oxygen atoms in total. The number of carbonyl (C=O) groups is 1. The molecule has 15 heavy (non-hydrogen) atoms. The summed E-state index contributed by atoms with van der Waals surface area (Å²) in [6.07, 6.45) is 1.52. The molecular weight excluding hydrogens is 216 g/mol. The zero-order chi connectivity index (χ0) is 11.3. The smallest absolute Gasteiger partial charge is 0.356 e. The van der Waals surface area contributed by atoms with E-state index in [9.17, 15) is 4.79 Å². The Morgan fingerprint density at radius 2 is 2.13 bits per heavy atom. The Hall–Kier alpha value is -1.14. The molecule has 1 aromatic heterocycles. The van der Waals surface area contributed by atoms with Gasteiger partial charge < -0.3 is 19.4 Å². The summed E-state index contributed by atoms with van der Waals surface area (Å²) in [6.45, 7) is 0.645. The number of aromatic nitrogens is 2. The molecule has 0 aromatic carbocycles. The highest BCUT2D eigenvalue weighted by molar-refractivity contribution is 7.71. The van der Waals surface area contributed by atoms with Gasteiger partial charge in [-0.3, -0.25) is 0 Å². The number of aromatic amines is 2. The maximum absolute atomic E-state index is 11.3. The van der Waals surface area contributed by atoms with E-state index in [4.69, 9.17) is 17.0 Å². The number of hydrogen-bond acceptors (Lipinski definition) is 4. The highest BCUT2D eigenvalue weighted by atomic mass is 32.1. The Morgan fingerprint density at radius 1 is 1.40 bits per heavy atom. The van der Waals surface area contributed by atoms with Crippen LogP contribution in [0.1, 0.15) is 22.6 Å². The molecule has 1 heterocycles.